The van der Waals surface area contributed by atoms with Crippen molar-refractivity contribution in [2.45, 2.75) is 19.5 Å². The summed E-state index contributed by atoms with van der Waals surface area (Å²) in [4.78, 5) is 14.6. The molecular weight excluding hydrogens is 314 g/mol. The van der Waals surface area contributed by atoms with Crippen LogP contribution in [0.4, 0.5) is 11.4 Å². The maximum absolute atomic E-state index is 12.3. The Morgan fingerprint density at radius 2 is 1.76 bits per heavy atom. The lowest BCUT2D eigenvalue weighted by Gasteiger charge is -2.29. The first kappa shape index (κ1) is 17.5. The number of carbonyl (C=O) groups excluding carboxylic acids is 1. The molecule has 1 amide bonds. The highest BCUT2D eigenvalue weighted by molar-refractivity contribution is 5.94. The fraction of sp³-hybridized carbons (Fsp3) is 0.350. The Labute approximate surface area is 149 Å². The molecule has 25 heavy (non-hydrogen) atoms. The molecule has 1 fully saturated rings. The summed E-state index contributed by atoms with van der Waals surface area (Å²) in [5.74, 6) is -0.0324. The number of carbonyl (C=O) groups is 1. The van der Waals surface area contributed by atoms with Gasteiger partial charge in [0.25, 0.3) is 0 Å². The fourth-order valence-electron chi connectivity index (χ4n) is 2.79. The van der Waals surface area contributed by atoms with Gasteiger partial charge in [-0.25, -0.2) is 0 Å². The fourth-order valence-corrected chi connectivity index (χ4v) is 2.79. The van der Waals surface area contributed by atoms with Crippen LogP contribution in [0.15, 0.2) is 54.6 Å². The van der Waals surface area contributed by atoms with Gasteiger partial charge in [0, 0.05) is 31.0 Å². The molecule has 1 aliphatic rings. The van der Waals surface area contributed by atoms with Crippen molar-refractivity contribution < 1.29 is 9.53 Å². The minimum Gasteiger partial charge on any atom is -0.378 e. The number of nitrogens with one attached hydrogen (secondary N) is 2. The average molecular weight is 339 g/mol. The van der Waals surface area contributed by atoms with Gasteiger partial charge in [0.15, 0.2) is 0 Å². The van der Waals surface area contributed by atoms with Crippen LogP contribution in [0, 0.1) is 0 Å². The SMILES string of the molecule is CC(NCc1ccccc1)C(=O)Nc1ccc(N2CCOCC2)cc1. The number of benzene rings is 2. The zero-order valence-corrected chi connectivity index (χ0v) is 14.6. The van der Waals surface area contributed by atoms with E-state index in [0.29, 0.717) is 6.54 Å². The lowest BCUT2D eigenvalue weighted by Crippen LogP contribution is -2.37. The highest BCUT2D eigenvalue weighted by Crippen LogP contribution is 2.19. The van der Waals surface area contributed by atoms with Crippen LogP contribution in [0.1, 0.15) is 12.5 Å². The van der Waals surface area contributed by atoms with Crippen LogP contribution in [0.2, 0.25) is 0 Å². The zero-order valence-electron chi connectivity index (χ0n) is 14.6. The minimum atomic E-state index is -0.265. The van der Waals surface area contributed by atoms with E-state index in [1.54, 1.807) is 0 Å². The molecule has 3 rings (SSSR count). The van der Waals surface area contributed by atoms with Gasteiger partial charge in [-0.3, -0.25) is 4.79 Å². The molecule has 2 N–H and O–H groups in total. The van der Waals surface area contributed by atoms with Crippen molar-refractivity contribution in [3.05, 3.63) is 60.2 Å². The Kier molecular flexibility index (Phi) is 6.04. The number of morpholine rings is 1. The van der Waals surface area contributed by atoms with E-state index in [1.807, 2.05) is 61.5 Å². The summed E-state index contributed by atoms with van der Waals surface area (Å²) < 4.78 is 5.37. The summed E-state index contributed by atoms with van der Waals surface area (Å²) in [5, 5.41) is 6.21. The van der Waals surface area contributed by atoms with E-state index in [9.17, 15) is 4.79 Å². The second-order valence-electron chi connectivity index (χ2n) is 6.22. The van der Waals surface area contributed by atoms with Crippen LogP contribution in [0.5, 0.6) is 0 Å². The molecule has 132 valence electrons. The maximum atomic E-state index is 12.3. The van der Waals surface area contributed by atoms with Crippen LogP contribution in [-0.4, -0.2) is 38.3 Å². The molecule has 0 saturated carbocycles. The van der Waals surface area contributed by atoms with Crippen LogP contribution < -0.4 is 15.5 Å². The molecule has 1 aliphatic heterocycles. The summed E-state index contributed by atoms with van der Waals surface area (Å²) in [6.07, 6.45) is 0. The normalized spacial score (nSPS) is 15.6. The zero-order chi connectivity index (χ0) is 17.5. The van der Waals surface area contributed by atoms with Gasteiger partial charge in [0.2, 0.25) is 5.91 Å². The highest BCUT2D eigenvalue weighted by atomic mass is 16.5. The topological polar surface area (TPSA) is 53.6 Å². The molecule has 0 bridgehead atoms. The predicted molar refractivity (Wildman–Crippen MR) is 101 cm³/mol. The molecule has 0 spiro atoms. The van der Waals surface area contributed by atoms with E-state index in [2.05, 4.69) is 15.5 Å². The Morgan fingerprint density at radius 3 is 2.44 bits per heavy atom. The molecule has 0 radical (unpaired) electrons. The van der Waals surface area contributed by atoms with Crippen LogP contribution in [0.25, 0.3) is 0 Å². The van der Waals surface area contributed by atoms with Crippen molar-refractivity contribution in [3.8, 4) is 0 Å². The van der Waals surface area contributed by atoms with E-state index < -0.39 is 0 Å². The molecule has 2 aromatic rings. The third-order valence-electron chi connectivity index (χ3n) is 4.36. The summed E-state index contributed by atoms with van der Waals surface area (Å²) >= 11 is 0. The van der Waals surface area contributed by atoms with Gasteiger partial charge in [-0.2, -0.15) is 0 Å². The minimum absolute atomic E-state index is 0.0324. The molecule has 1 atom stereocenters. The molecule has 1 unspecified atom stereocenters. The first-order valence-electron chi connectivity index (χ1n) is 8.73. The third-order valence-corrected chi connectivity index (χ3v) is 4.36. The molecule has 0 aromatic heterocycles. The summed E-state index contributed by atoms with van der Waals surface area (Å²) in [5.41, 5.74) is 3.14. The van der Waals surface area contributed by atoms with E-state index in [1.165, 1.54) is 0 Å². The Hall–Kier alpha value is -2.37. The van der Waals surface area contributed by atoms with Crippen molar-refractivity contribution in [3.63, 3.8) is 0 Å². The number of hydrogen-bond donors (Lipinski definition) is 2. The first-order chi connectivity index (χ1) is 12.2. The van der Waals surface area contributed by atoms with E-state index in [4.69, 9.17) is 4.74 Å². The number of anilines is 2. The van der Waals surface area contributed by atoms with Gasteiger partial charge in [-0.05, 0) is 36.8 Å². The highest BCUT2D eigenvalue weighted by Gasteiger charge is 2.14. The van der Waals surface area contributed by atoms with Gasteiger partial charge >= 0.3 is 0 Å². The molecule has 0 aliphatic carbocycles. The Morgan fingerprint density at radius 1 is 1.08 bits per heavy atom. The smallest absolute Gasteiger partial charge is 0.241 e. The van der Waals surface area contributed by atoms with E-state index in [-0.39, 0.29) is 11.9 Å². The number of hydrogen-bond acceptors (Lipinski definition) is 4. The first-order valence-corrected chi connectivity index (χ1v) is 8.73. The average Bonchev–Trinajstić information content (AvgIpc) is 2.68. The van der Waals surface area contributed by atoms with Crippen molar-refractivity contribution in [2.75, 3.05) is 36.5 Å². The van der Waals surface area contributed by atoms with Crippen molar-refractivity contribution in [2.24, 2.45) is 0 Å². The molecular formula is C20H25N3O2. The van der Waals surface area contributed by atoms with E-state index >= 15 is 0 Å². The van der Waals surface area contributed by atoms with Crippen molar-refractivity contribution in [1.82, 2.24) is 5.32 Å². The monoisotopic (exact) mass is 339 g/mol. The van der Waals surface area contributed by atoms with Gasteiger partial charge in [-0.15, -0.1) is 0 Å². The summed E-state index contributed by atoms with van der Waals surface area (Å²) in [7, 11) is 0. The lowest BCUT2D eigenvalue weighted by atomic mass is 10.2. The van der Waals surface area contributed by atoms with Crippen LogP contribution >= 0.6 is 0 Å². The number of rotatable bonds is 6. The summed E-state index contributed by atoms with van der Waals surface area (Å²) in [6.45, 7) is 5.90. The third kappa shape index (κ3) is 5.05. The van der Waals surface area contributed by atoms with Gasteiger partial charge < -0.3 is 20.3 Å². The number of ether oxygens (including phenoxy) is 1. The Balaban J connectivity index is 1.49. The molecule has 2 aromatic carbocycles. The largest absolute Gasteiger partial charge is 0.378 e. The van der Waals surface area contributed by atoms with E-state index in [0.717, 1.165) is 43.2 Å². The predicted octanol–water partition coefficient (Wildman–Crippen LogP) is 2.64. The standard InChI is InChI=1S/C20H25N3O2/c1-16(21-15-17-5-3-2-4-6-17)20(24)22-18-7-9-19(10-8-18)23-11-13-25-14-12-23/h2-10,16,21H,11-15H2,1H3,(H,22,24). The second kappa shape index (κ2) is 8.65. The molecule has 5 nitrogen and oxygen atoms in total. The van der Waals surface area contributed by atoms with Crippen molar-refractivity contribution in [1.29, 1.82) is 0 Å². The van der Waals surface area contributed by atoms with Crippen molar-refractivity contribution >= 4 is 17.3 Å². The molecule has 5 heteroatoms. The molecule has 1 saturated heterocycles. The second-order valence-corrected chi connectivity index (χ2v) is 6.22. The number of amides is 1. The van der Waals surface area contributed by atoms with Crippen LogP contribution in [-0.2, 0) is 16.1 Å². The van der Waals surface area contributed by atoms with Gasteiger partial charge in [-0.1, -0.05) is 30.3 Å². The quantitative estimate of drug-likeness (QED) is 0.849. The molecule has 1 heterocycles. The number of nitrogens with zero attached hydrogens (tertiary/aromatic N) is 1. The Bertz CT molecular complexity index is 667. The maximum Gasteiger partial charge on any atom is 0.241 e. The summed E-state index contributed by atoms with van der Waals surface area (Å²) in [6, 6.07) is 17.8. The van der Waals surface area contributed by atoms with Crippen LogP contribution in [0.3, 0.4) is 0 Å². The van der Waals surface area contributed by atoms with Gasteiger partial charge in [0.1, 0.15) is 0 Å². The lowest BCUT2D eigenvalue weighted by molar-refractivity contribution is -0.117. The van der Waals surface area contributed by atoms with Gasteiger partial charge in [0.05, 0.1) is 19.3 Å².